The van der Waals surface area contributed by atoms with Gasteiger partial charge in [0.05, 0.1) is 4.90 Å². The van der Waals surface area contributed by atoms with Gasteiger partial charge in [-0.2, -0.15) is 4.31 Å². The van der Waals surface area contributed by atoms with E-state index in [1.165, 1.54) is 0 Å². The predicted octanol–water partition coefficient (Wildman–Crippen LogP) is 2.99. The number of anilines is 1. The van der Waals surface area contributed by atoms with E-state index in [4.69, 9.17) is 0 Å². The molecule has 7 nitrogen and oxygen atoms in total. The Morgan fingerprint density at radius 2 is 1.55 bits per heavy atom. The van der Waals surface area contributed by atoms with E-state index in [0.717, 1.165) is 30.4 Å². The lowest BCUT2D eigenvalue weighted by molar-refractivity contribution is -0.136. The van der Waals surface area contributed by atoms with Gasteiger partial charge < -0.3 is 10.6 Å². The van der Waals surface area contributed by atoms with Crippen molar-refractivity contribution in [2.45, 2.75) is 50.5 Å². The summed E-state index contributed by atoms with van der Waals surface area (Å²) in [5, 5.41) is 5.17. The van der Waals surface area contributed by atoms with Crippen molar-refractivity contribution >= 4 is 27.5 Å². The summed E-state index contributed by atoms with van der Waals surface area (Å²) in [6.45, 7) is 4.54. The summed E-state index contributed by atoms with van der Waals surface area (Å²) in [6, 6.07) is 13.8. The van der Waals surface area contributed by atoms with Gasteiger partial charge in [-0.1, -0.05) is 41.8 Å². The average molecular weight is 444 g/mol. The van der Waals surface area contributed by atoms with Crippen molar-refractivity contribution in [2.24, 2.45) is 0 Å². The van der Waals surface area contributed by atoms with E-state index in [0.29, 0.717) is 18.7 Å². The molecule has 166 valence electrons. The number of benzene rings is 2. The zero-order valence-electron chi connectivity index (χ0n) is 17.9. The Balaban J connectivity index is 1.56. The number of nitrogens with one attached hydrogen (secondary N) is 2. The number of nitrogens with zero attached hydrogens (tertiary/aromatic N) is 1. The maximum Gasteiger partial charge on any atom is 0.313 e. The summed E-state index contributed by atoms with van der Waals surface area (Å²) in [4.78, 5) is 24.5. The first-order valence-corrected chi connectivity index (χ1v) is 12.0. The molecule has 2 amide bonds. The quantitative estimate of drug-likeness (QED) is 0.671. The van der Waals surface area contributed by atoms with Crippen molar-refractivity contribution in [1.29, 1.82) is 0 Å². The fourth-order valence-corrected chi connectivity index (χ4v) is 5.41. The Kier molecular flexibility index (Phi) is 7.46. The van der Waals surface area contributed by atoms with Crippen LogP contribution in [0.4, 0.5) is 5.69 Å². The van der Waals surface area contributed by atoms with Crippen LogP contribution < -0.4 is 10.6 Å². The number of sulfonamides is 1. The summed E-state index contributed by atoms with van der Waals surface area (Å²) in [5.74, 6) is -1.47. The van der Waals surface area contributed by atoms with Gasteiger partial charge in [-0.05, 0) is 57.4 Å². The summed E-state index contributed by atoms with van der Waals surface area (Å²) in [7, 11) is -3.60. The Morgan fingerprint density at radius 1 is 0.935 bits per heavy atom. The maximum absolute atomic E-state index is 13.1. The molecule has 1 aliphatic rings. The first-order chi connectivity index (χ1) is 14.8. The molecule has 1 fully saturated rings. The molecule has 0 unspecified atom stereocenters. The number of carbonyl (C=O) groups excluding carboxylic acids is 2. The Hall–Kier alpha value is -2.71. The van der Waals surface area contributed by atoms with E-state index >= 15 is 0 Å². The zero-order valence-corrected chi connectivity index (χ0v) is 18.7. The molecule has 0 saturated carbocycles. The van der Waals surface area contributed by atoms with Gasteiger partial charge in [0.2, 0.25) is 10.0 Å². The third-order valence-electron chi connectivity index (χ3n) is 5.48. The molecular weight excluding hydrogens is 414 g/mol. The van der Waals surface area contributed by atoms with E-state index in [1.807, 2.05) is 26.0 Å². The van der Waals surface area contributed by atoms with Crippen LogP contribution in [0.15, 0.2) is 53.4 Å². The molecule has 1 saturated heterocycles. The smallest absolute Gasteiger partial charge is 0.313 e. The fraction of sp³-hybridized carbons (Fsp3) is 0.391. The molecule has 8 heteroatoms. The molecule has 1 atom stereocenters. The zero-order chi connectivity index (χ0) is 22.4. The van der Waals surface area contributed by atoms with E-state index in [1.54, 1.807) is 40.7 Å². The normalized spacial score (nSPS) is 17.2. The Labute approximate surface area is 183 Å². The van der Waals surface area contributed by atoms with E-state index < -0.39 is 21.8 Å². The van der Waals surface area contributed by atoms with Crippen molar-refractivity contribution in [2.75, 3.05) is 18.4 Å². The highest BCUT2D eigenvalue weighted by atomic mass is 32.2. The molecule has 1 aliphatic heterocycles. The average Bonchev–Trinajstić information content (AvgIpc) is 2.76. The molecule has 2 aromatic carbocycles. The molecule has 0 radical (unpaired) electrons. The van der Waals surface area contributed by atoms with Gasteiger partial charge in [-0.3, -0.25) is 9.59 Å². The van der Waals surface area contributed by atoms with Gasteiger partial charge in [0, 0.05) is 24.8 Å². The van der Waals surface area contributed by atoms with Gasteiger partial charge in [0.15, 0.2) is 0 Å². The number of rotatable bonds is 6. The van der Waals surface area contributed by atoms with E-state index in [-0.39, 0.29) is 17.5 Å². The summed E-state index contributed by atoms with van der Waals surface area (Å²) in [6.07, 6.45) is 2.94. The third kappa shape index (κ3) is 5.92. The van der Waals surface area contributed by atoms with Crippen LogP contribution in [-0.2, 0) is 19.6 Å². The molecule has 2 aromatic rings. The molecule has 0 spiro atoms. The van der Waals surface area contributed by atoms with Crippen LogP contribution in [0.2, 0.25) is 0 Å². The predicted molar refractivity (Wildman–Crippen MR) is 120 cm³/mol. The summed E-state index contributed by atoms with van der Waals surface area (Å²) >= 11 is 0. The largest absolute Gasteiger partial charge is 0.348 e. The lowest BCUT2D eigenvalue weighted by Crippen LogP contribution is -2.45. The van der Waals surface area contributed by atoms with Crippen LogP contribution in [0.3, 0.4) is 0 Å². The number of carbonyl (C=O) groups is 2. The number of amides is 2. The monoisotopic (exact) mass is 443 g/mol. The lowest BCUT2D eigenvalue weighted by Gasteiger charge is -2.34. The van der Waals surface area contributed by atoms with E-state index in [2.05, 4.69) is 10.6 Å². The molecular formula is C23H29N3O4S. The second kappa shape index (κ2) is 10.1. The molecule has 3 rings (SSSR count). The summed E-state index contributed by atoms with van der Waals surface area (Å²) < 4.78 is 27.8. The van der Waals surface area contributed by atoms with Crippen LogP contribution in [0.25, 0.3) is 0 Å². The highest BCUT2D eigenvalue weighted by Crippen LogP contribution is 2.27. The minimum absolute atomic E-state index is 0.208. The topological polar surface area (TPSA) is 95.6 Å². The number of hydrogen-bond acceptors (Lipinski definition) is 4. The number of aryl methyl sites for hydroxylation is 2. The van der Waals surface area contributed by atoms with Crippen molar-refractivity contribution in [3.63, 3.8) is 0 Å². The van der Waals surface area contributed by atoms with Gasteiger partial charge in [-0.15, -0.1) is 0 Å². The SMILES string of the molecule is Cc1ccc(NC(=O)C(=O)NCC[C@H]2CCCCN2S(=O)(=O)c2ccc(C)cc2)cc1. The van der Waals surface area contributed by atoms with Crippen LogP contribution in [0.1, 0.15) is 36.8 Å². The maximum atomic E-state index is 13.1. The van der Waals surface area contributed by atoms with Gasteiger partial charge in [0.1, 0.15) is 0 Å². The van der Waals surface area contributed by atoms with Gasteiger partial charge in [-0.25, -0.2) is 8.42 Å². The van der Waals surface area contributed by atoms with E-state index in [9.17, 15) is 18.0 Å². The number of piperidine rings is 1. The Bertz CT molecular complexity index is 1020. The van der Waals surface area contributed by atoms with Crippen LogP contribution in [-0.4, -0.2) is 43.7 Å². The number of hydrogen-bond donors (Lipinski definition) is 2. The fourth-order valence-electron chi connectivity index (χ4n) is 3.68. The highest BCUT2D eigenvalue weighted by molar-refractivity contribution is 7.89. The molecule has 0 aliphatic carbocycles. The molecule has 0 bridgehead atoms. The van der Waals surface area contributed by atoms with Crippen molar-refractivity contribution in [3.8, 4) is 0 Å². The van der Waals surface area contributed by atoms with Crippen molar-refractivity contribution < 1.29 is 18.0 Å². The molecule has 1 heterocycles. The van der Waals surface area contributed by atoms with Crippen molar-refractivity contribution in [1.82, 2.24) is 9.62 Å². The second-order valence-electron chi connectivity index (χ2n) is 7.94. The highest BCUT2D eigenvalue weighted by Gasteiger charge is 2.33. The molecule has 2 N–H and O–H groups in total. The minimum Gasteiger partial charge on any atom is -0.348 e. The first kappa shape index (κ1) is 23.0. The van der Waals surface area contributed by atoms with Crippen molar-refractivity contribution in [3.05, 3.63) is 59.7 Å². The van der Waals surface area contributed by atoms with Gasteiger partial charge >= 0.3 is 11.8 Å². The first-order valence-electron chi connectivity index (χ1n) is 10.5. The minimum atomic E-state index is -3.60. The summed E-state index contributed by atoms with van der Waals surface area (Å²) in [5.41, 5.74) is 2.61. The van der Waals surface area contributed by atoms with Crippen LogP contribution >= 0.6 is 0 Å². The standard InChI is InChI=1S/C23H29N3O4S/c1-17-6-10-19(11-7-17)25-23(28)22(27)24-15-14-20-5-3-4-16-26(20)31(29,30)21-12-8-18(2)9-13-21/h6-13,20H,3-5,14-16H2,1-2H3,(H,24,27)(H,25,28)/t20-/m1/s1. The lowest BCUT2D eigenvalue weighted by atomic mass is 10.0. The third-order valence-corrected chi connectivity index (χ3v) is 7.45. The van der Waals surface area contributed by atoms with Gasteiger partial charge in [0.25, 0.3) is 0 Å². The van der Waals surface area contributed by atoms with Crippen LogP contribution in [0, 0.1) is 13.8 Å². The second-order valence-corrected chi connectivity index (χ2v) is 9.83. The Morgan fingerprint density at radius 3 is 2.19 bits per heavy atom. The molecule has 31 heavy (non-hydrogen) atoms. The molecule has 0 aromatic heterocycles. The van der Waals surface area contributed by atoms with Crippen LogP contribution in [0.5, 0.6) is 0 Å².